The normalized spacial score (nSPS) is 10.2. The number of benzene rings is 1. The van der Waals surface area contributed by atoms with Crippen LogP contribution in [0.1, 0.15) is 21.6 Å². The molecule has 0 amide bonds. The Morgan fingerprint density at radius 2 is 2.14 bits per heavy atom. The first-order chi connectivity index (χ1) is 10.0. The molecule has 0 radical (unpaired) electrons. The second kappa shape index (κ2) is 6.58. The van der Waals surface area contributed by atoms with E-state index in [1.165, 1.54) is 7.11 Å². The van der Waals surface area contributed by atoms with Crippen LogP contribution in [0.2, 0.25) is 0 Å². The molecule has 1 heterocycles. The SMILES string of the molecule is COC(=O)c1ccc(NCc2ccc(O)c(Br)c2)nc1C. The number of methoxy groups -OCH3 is 1. The summed E-state index contributed by atoms with van der Waals surface area (Å²) in [5, 5.41) is 12.6. The summed E-state index contributed by atoms with van der Waals surface area (Å²) in [5.74, 6) is 0.480. The van der Waals surface area contributed by atoms with E-state index in [4.69, 9.17) is 0 Å². The maximum absolute atomic E-state index is 11.5. The Hall–Kier alpha value is -2.08. The van der Waals surface area contributed by atoms with Crippen molar-refractivity contribution in [1.29, 1.82) is 0 Å². The van der Waals surface area contributed by atoms with Gasteiger partial charge in [-0.1, -0.05) is 6.07 Å². The number of pyridine rings is 1. The standard InChI is InChI=1S/C15H15BrN2O3/c1-9-11(15(20)21-2)4-6-14(18-9)17-8-10-3-5-13(19)12(16)7-10/h3-7,19H,8H2,1-2H3,(H,17,18). The van der Waals surface area contributed by atoms with Gasteiger partial charge in [0.1, 0.15) is 11.6 Å². The van der Waals surface area contributed by atoms with E-state index in [2.05, 4.69) is 31.0 Å². The Bertz CT molecular complexity index is 674. The number of nitrogens with one attached hydrogen (secondary N) is 1. The zero-order valence-corrected chi connectivity index (χ0v) is 13.3. The number of hydrogen-bond donors (Lipinski definition) is 2. The van der Waals surface area contributed by atoms with E-state index < -0.39 is 5.97 Å². The summed E-state index contributed by atoms with van der Waals surface area (Å²) in [7, 11) is 1.34. The zero-order chi connectivity index (χ0) is 15.4. The number of aryl methyl sites for hydroxylation is 1. The Labute approximate surface area is 131 Å². The van der Waals surface area contributed by atoms with Gasteiger partial charge in [-0.3, -0.25) is 0 Å². The third-order valence-electron chi connectivity index (χ3n) is 2.98. The van der Waals surface area contributed by atoms with Crippen LogP contribution in [0.3, 0.4) is 0 Å². The van der Waals surface area contributed by atoms with E-state index in [1.54, 1.807) is 25.1 Å². The van der Waals surface area contributed by atoms with Crippen LogP contribution in [0.25, 0.3) is 0 Å². The number of rotatable bonds is 4. The summed E-state index contributed by atoms with van der Waals surface area (Å²) in [6, 6.07) is 8.69. The molecule has 0 aliphatic heterocycles. The van der Waals surface area contributed by atoms with Crippen molar-refractivity contribution >= 4 is 27.7 Å². The second-order valence-electron chi connectivity index (χ2n) is 4.46. The van der Waals surface area contributed by atoms with Crippen molar-refractivity contribution in [1.82, 2.24) is 4.98 Å². The van der Waals surface area contributed by atoms with E-state index in [9.17, 15) is 9.90 Å². The second-order valence-corrected chi connectivity index (χ2v) is 5.31. The van der Waals surface area contributed by atoms with Crippen LogP contribution >= 0.6 is 15.9 Å². The molecule has 6 heteroatoms. The summed E-state index contributed by atoms with van der Waals surface area (Å²) in [5.41, 5.74) is 2.06. The number of anilines is 1. The van der Waals surface area contributed by atoms with Gasteiger partial charge in [0.05, 0.1) is 22.8 Å². The van der Waals surface area contributed by atoms with Gasteiger partial charge >= 0.3 is 5.97 Å². The minimum Gasteiger partial charge on any atom is -0.507 e. The van der Waals surface area contributed by atoms with Crippen molar-refractivity contribution in [2.24, 2.45) is 0 Å². The number of aromatic nitrogens is 1. The van der Waals surface area contributed by atoms with Crippen molar-refractivity contribution in [2.45, 2.75) is 13.5 Å². The molecule has 1 aromatic heterocycles. The highest BCUT2D eigenvalue weighted by molar-refractivity contribution is 9.10. The average Bonchev–Trinajstić information content (AvgIpc) is 2.48. The molecule has 0 saturated carbocycles. The summed E-state index contributed by atoms with van der Waals surface area (Å²) in [6.45, 7) is 2.32. The number of carbonyl (C=O) groups excluding carboxylic acids is 1. The number of ether oxygens (including phenoxy) is 1. The summed E-state index contributed by atoms with van der Waals surface area (Å²) in [6.07, 6.45) is 0. The molecular weight excluding hydrogens is 336 g/mol. The third-order valence-corrected chi connectivity index (χ3v) is 3.61. The number of aromatic hydroxyl groups is 1. The van der Waals surface area contributed by atoms with Gasteiger partial charge in [-0.2, -0.15) is 0 Å². The molecule has 110 valence electrons. The molecule has 0 atom stereocenters. The van der Waals surface area contributed by atoms with Gasteiger partial charge in [-0.25, -0.2) is 9.78 Å². The largest absolute Gasteiger partial charge is 0.507 e. The molecule has 0 spiro atoms. The highest BCUT2D eigenvalue weighted by Crippen LogP contribution is 2.24. The quantitative estimate of drug-likeness (QED) is 0.828. The molecule has 0 saturated heterocycles. The fourth-order valence-corrected chi connectivity index (χ4v) is 2.26. The summed E-state index contributed by atoms with van der Waals surface area (Å²) < 4.78 is 5.33. The van der Waals surface area contributed by atoms with Crippen LogP contribution in [0.4, 0.5) is 5.82 Å². The number of nitrogens with zero attached hydrogens (tertiary/aromatic N) is 1. The lowest BCUT2D eigenvalue weighted by Crippen LogP contribution is -2.08. The minimum absolute atomic E-state index is 0.204. The lowest BCUT2D eigenvalue weighted by Gasteiger charge is -2.09. The number of phenolic OH excluding ortho intramolecular Hbond substituents is 1. The van der Waals surface area contributed by atoms with Gasteiger partial charge in [0.15, 0.2) is 0 Å². The predicted octanol–water partition coefficient (Wildman–Crippen LogP) is 3.26. The fourth-order valence-electron chi connectivity index (χ4n) is 1.84. The van der Waals surface area contributed by atoms with Gasteiger partial charge in [-0.15, -0.1) is 0 Å². The molecule has 2 N–H and O–H groups in total. The van der Waals surface area contributed by atoms with Crippen LogP contribution in [-0.2, 0) is 11.3 Å². The van der Waals surface area contributed by atoms with Gasteiger partial charge in [0, 0.05) is 6.54 Å². The molecule has 0 fully saturated rings. The maximum atomic E-state index is 11.5. The first-order valence-corrected chi connectivity index (χ1v) is 7.08. The molecule has 5 nitrogen and oxygen atoms in total. The Kier molecular flexibility index (Phi) is 4.80. The lowest BCUT2D eigenvalue weighted by atomic mass is 10.2. The van der Waals surface area contributed by atoms with Crippen molar-refractivity contribution in [2.75, 3.05) is 12.4 Å². The number of phenols is 1. The van der Waals surface area contributed by atoms with Crippen molar-refractivity contribution in [3.05, 3.63) is 51.6 Å². The number of carbonyl (C=O) groups is 1. The van der Waals surface area contributed by atoms with Gasteiger partial charge in [0.2, 0.25) is 0 Å². The molecule has 0 aliphatic rings. The molecular formula is C15H15BrN2O3. The minimum atomic E-state index is -0.394. The first-order valence-electron chi connectivity index (χ1n) is 6.28. The number of halogens is 1. The maximum Gasteiger partial charge on any atom is 0.339 e. The Morgan fingerprint density at radius 3 is 2.76 bits per heavy atom. The topological polar surface area (TPSA) is 71.5 Å². The van der Waals surface area contributed by atoms with Crippen LogP contribution in [0.5, 0.6) is 5.75 Å². The monoisotopic (exact) mass is 350 g/mol. The Morgan fingerprint density at radius 1 is 1.38 bits per heavy atom. The van der Waals surface area contributed by atoms with Gasteiger partial charge < -0.3 is 15.2 Å². The van der Waals surface area contributed by atoms with Crippen molar-refractivity contribution in [3.63, 3.8) is 0 Å². The first kappa shape index (κ1) is 15.3. The highest BCUT2D eigenvalue weighted by atomic mass is 79.9. The highest BCUT2D eigenvalue weighted by Gasteiger charge is 2.10. The van der Waals surface area contributed by atoms with Crippen LogP contribution in [0, 0.1) is 6.92 Å². The van der Waals surface area contributed by atoms with E-state index in [1.807, 2.05) is 12.1 Å². The number of esters is 1. The smallest absolute Gasteiger partial charge is 0.339 e. The predicted molar refractivity (Wildman–Crippen MR) is 83.4 cm³/mol. The van der Waals surface area contributed by atoms with Crippen LogP contribution in [-0.4, -0.2) is 23.2 Å². The van der Waals surface area contributed by atoms with E-state index in [0.29, 0.717) is 28.1 Å². The number of hydrogen-bond acceptors (Lipinski definition) is 5. The van der Waals surface area contributed by atoms with Crippen LogP contribution in [0.15, 0.2) is 34.8 Å². The van der Waals surface area contributed by atoms with Gasteiger partial charge in [-0.05, 0) is 52.7 Å². The van der Waals surface area contributed by atoms with Gasteiger partial charge in [0.25, 0.3) is 0 Å². The summed E-state index contributed by atoms with van der Waals surface area (Å²) >= 11 is 3.27. The molecule has 0 unspecified atom stereocenters. The third kappa shape index (κ3) is 3.72. The Balaban J connectivity index is 2.08. The van der Waals surface area contributed by atoms with Crippen molar-refractivity contribution < 1.29 is 14.6 Å². The van der Waals surface area contributed by atoms with E-state index >= 15 is 0 Å². The molecule has 0 bridgehead atoms. The average molecular weight is 351 g/mol. The van der Waals surface area contributed by atoms with E-state index in [-0.39, 0.29) is 5.75 Å². The molecule has 1 aromatic carbocycles. The lowest BCUT2D eigenvalue weighted by molar-refractivity contribution is 0.0599. The van der Waals surface area contributed by atoms with Crippen molar-refractivity contribution in [3.8, 4) is 5.75 Å². The molecule has 0 aliphatic carbocycles. The molecule has 2 rings (SSSR count). The summed E-state index contributed by atoms with van der Waals surface area (Å²) in [4.78, 5) is 15.8. The van der Waals surface area contributed by atoms with Crippen LogP contribution < -0.4 is 5.32 Å². The zero-order valence-electron chi connectivity index (χ0n) is 11.7. The molecule has 21 heavy (non-hydrogen) atoms. The molecule has 2 aromatic rings. The fraction of sp³-hybridized carbons (Fsp3) is 0.200. The van der Waals surface area contributed by atoms with E-state index in [0.717, 1.165) is 5.56 Å².